The van der Waals surface area contributed by atoms with E-state index in [1.54, 1.807) is 17.8 Å². The number of thioether (sulfide) groups is 1. The van der Waals surface area contributed by atoms with Gasteiger partial charge in [-0.15, -0.1) is 11.8 Å². The van der Waals surface area contributed by atoms with Crippen LogP contribution in [0.1, 0.15) is 24.9 Å². The van der Waals surface area contributed by atoms with Crippen LogP contribution < -0.4 is 16.0 Å². The highest BCUT2D eigenvalue weighted by Gasteiger charge is 2.23. The molecule has 1 unspecified atom stereocenters. The molecule has 136 valence electrons. The molecule has 2 aromatic carbocycles. The maximum Gasteiger partial charge on any atom is 0.319 e. The zero-order chi connectivity index (χ0) is 18.7. The van der Waals surface area contributed by atoms with Crippen molar-refractivity contribution in [2.75, 3.05) is 16.4 Å². The average molecular weight is 377 g/mol. The van der Waals surface area contributed by atoms with Crippen molar-refractivity contribution in [2.24, 2.45) is 0 Å². The van der Waals surface area contributed by atoms with Crippen LogP contribution in [0, 0.1) is 11.6 Å². The van der Waals surface area contributed by atoms with Gasteiger partial charge < -0.3 is 16.0 Å². The zero-order valence-corrected chi connectivity index (χ0v) is 14.8. The molecule has 1 heterocycles. The summed E-state index contributed by atoms with van der Waals surface area (Å²) in [5.74, 6) is -0.548. The molecule has 0 aliphatic carbocycles. The smallest absolute Gasteiger partial charge is 0.319 e. The van der Waals surface area contributed by atoms with E-state index in [0.29, 0.717) is 12.1 Å². The molecule has 0 saturated carbocycles. The van der Waals surface area contributed by atoms with Crippen LogP contribution in [0.4, 0.5) is 25.0 Å². The molecule has 0 aromatic heterocycles. The third-order valence-electron chi connectivity index (χ3n) is 3.85. The number of anilines is 2. The summed E-state index contributed by atoms with van der Waals surface area (Å²) in [4.78, 5) is 24.3. The first-order valence-corrected chi connectivity index (χ1v) is 8.98. The summed E-state index contributed by atoms with van der Waals surface area (Å²) in [5.41, 5.74) is 1.06. The normalized spacial score (nSPS) is 15.7. The van der Waals surface area contributed by atoms with E-state index in [-0.39, 0.29) is 17.5 Å². The van der Waals surface area contributed by atoms with Crippen LogP contribution in [0.5, 0.6) is 0 Å². The Labute approximate surface area is 153 Å². The Morgan fingerprint density at radius 1 is 1.12 bits per heavy atom. The number of benzene rings is 2. The van der Waals surface area contributed by atoms with Gasteiger partial charge in [-0.1, -0.05) is 0 Å². The molecule has 0 spiro atoms. The lowest BCUT2D eigenvalue weighted by atomic mass is 10.0. The quantitative estimate of drug-likeness (QED) is 0.748. The third kappa shape index (κ3) is 4.32. The second-order valence-corrected chi connectivity index (χ2v) is 6.98. The standard InChI is InChI=1S/C18H17F2N3O2S/c1-10(24)21-16-9-12(3-4-14(16)20)22-18(25)23-15-6-7-26-17-5-2-11(19)8-13(15)17/h2-5,8-9,15H,6-7H2,1H3,(H,21,24)(H2,22,23,25). The molecule has 26 heavy (non-hydrogen) atoms. The lowest BCUT2D eigenvalue weighted by Gasteiger charge is -2.26. The Morgan fingerprint density at radius 2 is 1.92 bits per heavy atom. The maximum absolute atomic E-state index is 13.7. The molecule has 5 nitrogen and oxygen atoms in total. The predicted molar refractivity (Wildman–Crippen MR) is 97.3 cm³/mol. The number of rotatable bonds is 3. The molecule has 0 saturated heterocycles. The molecule has 3 amide bonds. The van der Waals surface area contributed by atoms with Crippen LogP contribution in [-0.4, -0.2) is 17.7 Å². The number of halogens is 2. The first-order valence-electron chi connectivity index (χ1n) is 7.99. The van der Waals surface area contributed by atoms with Gasteiger partial charge in [-0.25, -0.2) is 13.6 Å². The van der Waals surface area contributed by atoms with E-state index in [1.165, 1.54) is 31.2 Å². The van der Waals surface area contributed by atoms with Crippen LogP contribution >= 0.6 is 11.8 Å². The lowest BCUT2D eigenvalue weighted by Crippen LogP contribution is -2.34. The minimum absolute atomic E-state index is 0.0169. The largest absolute Gasteiger partial charge is 0.331 e. The van der Waals surface area contributed by atoms with Crippen LogP contribution in [0.2, 0.25) is 0 Å². The van der Waals surface area contributed by atoms with Gasteiger partial charge in [0.2, 0.25) is 5.91 Å². The third-order valence-corrected chi connectivity index (χ3v) is 4.97. The van der Waals surface area contributed by atoms with Gasteiger partial charge in [-0.05, 0) is 48.4 Å². The molecule has 0 bridgehead atoms. The fraction of sp³-hybridized carbons (Fsp3) is 0.222. The zero-order valence-electron chi connectivity index (χ0n) is 13.9. The molecule has 3 rings (SSSR count). The van der Waals surface area contributed by atoms with E-state index in [0.717, 1.165) is 22.3 Å². The van der Waals surface area contributed by atoms with Gasteiger partial charge in [-0.2, -0.15) is 0 Å². The number of fused-ring (bicyclic) bond motifs is 1. The van der Waals surface area contributed by atoms with E-state index >= 15 is 0 Å². The summed E-state index contributed by atoms with van der Waals surface area (Å²) in [5, 5.41) is 7.78. The molecule has 8 heteroatoms. The number of hydrogen-bond acceptors (Lipinski definition) is 3. The predicted octanol–water partition coefficient (Wildman–Crippen LogP) is 4.28. The molecule has 3 N–H and O–H groups in total. The first-order chi connectivity index (χ1) is 12.4. The van der Waals surface area contributed by atoms with Gasteiger partial charge in [0.25, 0.3) is 0 Å². The summed E-state index contributed by atoms with van der Waals surface area (Å²) >= 11 is 1.62. The van der Waals surface area contributed by atoms with Gasteiger partial charge in [0.1, 0.15) is 11.6 Å². The molecule has 0 radical (unpaired) electrons. The van der Waals surface area contributed by atoms with Gasteiger partial charge in [0.05, 0.1) is 11.7 Å². The SMILES string of the molecule is CC(=O)Nc1cc(NC(=O)NC2CCSc3ccc(F)cc32)ccc1F. The summed E-state index contributed by atoms with van der Waals surface area (Å²) in [6.45, 7) is 1.27. The monoisotopic (exact) mass is 377 g/mol. The van der Waals surface area contributed by atoms with Crippen LogP contribution in [0.15, 0.2) is 41.3 Å². The molecule has 0 fully saturated rings. The highest BCUT2D eigenvalue weighted by molar-refractivity contribution is 7.99. The Kier molecular flexibility index (Phi) is 5.41. The van der Waals surface area contributed by atoms with Gasteiger partial charge in [0, 0.05) is 23.3 Å². The first kappa shape index (κ1) is 18.2. The number of hydrogen-bond donors (Lipinski definition) is 3. The van der Waals surface area contributed by atoms with Crippen molar-refractivity contribution in [2.45, 2.75) is 24.3 Å². The Balaban J connectivity index is 1.71. The molecule has 1 aliphatic heterocycles. The topological polar surface area (TPSA) is 70.2 Å². The van der Waals surface area contributed by atoms with Gasteiger partial charge >= 0.3 is 6.03 Å². The number of amides is 3. The number of nitrogens with one attached hydrogen (secondary N) is 3. The van der Waals surface area contributed by atoms with Crippen molar-refractivity contribution in [3.8, 4) is 0 Å². The molecule has 1 aliphatic rings. The molecule has 1 atom stereocenters. The average Bonchev–Trinajstić information content (AvgIpc) is 2.58. The van der Waals surface area contributed by atoms with Gasteiger partial charge in [0.15, 0.2) is 0 Å². The van der Waals surface area contributed by atoms with Crippen molar-refractivity contribution in [1.82, 2.24) is 5.32 Å². The van der Waals surface area contributed by atoms with Crippen molar-refractivity contribution < 1.29 is 18.4 Å². The Morgan fingerprint density at radius 3 is 2.69 bits per heavy atom. The molecular weight excluding hydrogens is 360 g/mol. The van der Waals surface area contributed by atoms with Gasteiger partial charge in [-0.3, -0.25) is 4.79 Å². The summed E-state index contributed by atoms with van der Waals surface area (Å²) in [6.07, 6.45) is 0.676. The second-order valence-electron chi connectivity index (χ2n) is 5.85. The highest BCUT2D eigenvalue weighted by Crippen LogP contribution is 2.36. The Hall–Kier alpha value is -2.61. The van der Waals surface area contributed by atoms with E-state index < -0.39 is 17.8 Å². The van der Waals surface area contributed by atoms with Crippen LogP contribution in [-0.2, 0) is 4.79 Å². The second kappa shape index (κ2) is 7.74. The highest BCUT2D eigenvalue weighted by atomic mass is 32.2. The number of urea groups is 1. The van der Waals surface area contributed by atoms with E-state index in [9.17, 15) is 18.4 Å². The summed E-state index contributed by atoms with van der Waals surface area (Å²) in [6, 6.07) is 7.62. The van der Waals surface area contributed by atoms with Crippen molar-refractivity contribution in [3.63, 3.8) is 0 Å². The Bertz CT molecular complexity index is 860. The number of carbonyl (C=O) groups is 2. The van der Waals surface area contributed by atoms with Crippen LogP contribution in [0.3, 0.4) is 0 Å². The summed E-state index contributed by atoms with van der Waals surface area (Å²) < 4.78 is 27.2. The van der Waals surface area contributed by atoms with E-state index in [1.807, 2.05) is 0 Å². The van der Waals surface area contributed by atoms with Crippen LogP contribution in [0.25, 0.3) is 0 Å². The van der Waals surface area contributed by atoms with Crippen molar-refractivity contribution >= 4 is 35.1 Å². The molecular formula is C18H17F2N3O2S. The van der Waals surface area contributed by atoms with E-state index in [4.69, 9.17) is 0 Å². The van der Waals surface area contributed by atoms with Crippen molar-refractivity contribution in [3.05, 3.63) is 53.6 Å². The maximum atomic E-state index is 13.7. The van der Waals surface area contributed by atoms with Crippen molar-refractivity contribution in [1.29, 1.82) is 0 Å². The number of carbonyl (C=O) groups excluding carboxylic acids is 2. The fourth-order valence-electron chi connectivity index (χ4n) is 2.73. The minimum Gasteiger partial charge on any atom is -0.331 e. The summed E-state index contributed by atoms with van der Waals surface area (Å²) in [7, 11) is 0. The van der Waals surface area contributed by atoms with E-state index in [2.05, 4.69) is 16.0 Å². The lowest BCUT2D eigenvalue weighted by molar-refractivity contribution is -0.114. The fourth-order valence-corrected chi connectivity index (χ4v) is 3.83. The minimum atomic E-state index is -0.597. The molecule has 2 aromatic rings.